The number of benzene rings is 3. The van der Waals surface area contributed by atoms with E-state index in [1.54, 1.807) is 54.5 Å². The number of methoxy groups -OCH3 is 1. The van der Waals surface area contributed by atoms with Gasteiger partial charge in [0.15, 0.2) is 5.82 Å². The van der Waals surface area contributed by atoms with Crippen molar-refractivity contribution in [2.75, 3.05) is 54.2 Å². The average molecular weight is 910 g/mol. The van der Waals surface area contributed by atoms with Crippen LogP contribution in [0.5, 0.6) is 5.75 Å². The highest BCUT2D eigenvalue weighted by Gasteiger charge is 2.40. The Morgan fingerprint density at radius 3 is 2.53 bits per heavy atom. The van der Waals surface area contributed by atoms with Gasteiger partial charge in [0.05, 0.1) is 19.0 Å². The number of likely N-dealkylation sites (N-methyl/N-ethyl adjacent to an activating group) is 1. The number of carbonyl (C=O) groups excluding carboxylic acids is 6. The molecular formula is C44H49BrN10O7. The first-order valence-electron chi connectivity index (χ1n) is 20.6. The summed E-state index contributed by atoms with van der Waals surface area (Å²) in [6, 6.07) is 17.0. The average Bonchev–Trinajstić information content (AvgIpc) is 3.60. The summed E-state index contributed by atoms with van der Waals surface area (Å²) in [4.78, 5) is 90.7. The van der Waals surface area contributed by atoms with Gasteiger partial charge in [-0.15, -0.1) is 0 Å². The Labute approximate surface area is 367 Å². The molecule has 1 fully saturated rings. The van der Waals surface area contributed by atoms with Gasteiger partial charge in [-0.2, -0.15) is 4.98 Å². The Morgan fingerprint density at radius 2 is 1.77 bits per heavy atom. The van der Waals surface area contributed by atoms with Crippen LogP contribution in [0, 0.1) is 0 Å². The number of ether oxygens (including phenoxy) is 1. The SMILES string of the molecule is CC[C@@H]1C(=O)N(C)c2cnc(Nc3ccc(C(=O)NCCCNCCCC(=O)Nc4cccc5c4CN(C4CCC(=O)NC4=O)C5=O)cc3OC)nc2N1Cc1ccc(Br)cc1. The van der Waals surface area contributed by atoms with Gasteiger partial charge in [-0.05, 0) is 86.8 Å². The van der Waals surface area contributed by atoms with Crippen molar-refractivity contribution in [2.24, 2.45) is 0 Å². The van der Waals surface area contributed by atoms with E-state index in [-0.39, 0.29) is 55.3 Å². The van der Waals surface area contributed by atoms with Crippen molar-refractivity contribution in [2.45, 2.75) is 70.6 Å². The Morgan fingerprint density at radius 1 is 0.984 bits per heavy atom. The second kappa shape index (κ2) is 19.5. The maximum atomic E-state index is 13.3. The molecule has 3 aliphatic heterocycles. The van der Waals surface area contributed by atoms with Crippen LogP contribution < -0.4 is 41.1 Å². The van der Waals surface area contributed by atoms with Crippen molar-refractivity contribution in [1.29, 1.82) is 0 Å². The number of carbonyl (C=O) groups is 6. The molecule has 17 nitrogen and oxygen atoms in total. The van der Waals surface area contributed by atoms with E-state index in [0.717, 1.165) is 10.0 Å². The van der Waals surface area contributed by atoms with Gasteiger partial charge in [0.2, 0.25) is 29.6 Å². The number of fused-ring (bicyclic) bond motifs is 2. The number of imide groups is 1. The fourth-order valence-electron chi connectivity index (χ4n) is 7.85. The third-order valence-electron chi connectivity index (χ3n) is 11.2. The Kier molecular flexibility index (Phi) is 13.8. The fraction of sp³-hybridized carbons (Fsp3) is 0.364. The Bertz CT molecular complexity index is 2380. The lowest BCUT2D eigenvalue weighted by atomic mass is 10.0. The lowest BCUT2D eigenvalue weighted by molar-refractivity contribution is -0.137. The second-order valence-corrected chi connectivity index (χ2v) is 16.2. The molecule has 18 heteroatoms. The lowest BCUT2D eigenvalue weighted by Gasteiger charge is -2.40. The molecule has 1 aromatic heterocycles. The van der Waals surface area contributed by atoms with Crippen LogP contribution in [0.1, 0.15) is 77.3 Å². The van der Waals surface area contributed by atoms with Gasteiger partial charge in [-0.3, -0.25) is 34.1 Å². The molecule has 1 saturated heterocycles. The van der Waals surface area contributed by atoms with Gasteiger partial charge >= 0.3 is 0 Å². The summed E-state index contributed by atoms with van der Waals surface area (Å²) < 4.78 is 6.61. The van der Waals surface area contributed by atoms with E-state index < -0.39 is 18.0 Å². The van der Waals surface area contributed by atoms with Gasteiger partial charge in [0.25, 0.3) is 11.8 Å². The van der Waals surface area contributed by atoms with Crippen LogP contribution >= 0.6 is 15.9 Å². The van der Waals surface area contributed by atoms with E-state index in [1.807, 2.05) is 36.1 Å². The zero-order valence-corrected chi connectivity index (χ0v) is 36.3. The van der Waals surface area contributed by atoms with Gasteiger partial charge in [0.1, 0.15) is 23.5 Å². The minimum absolute atomic E-state index is 0.0242. The lowest BCUT2D eigenvalue weighted by Crippen LogP contribution is -2.52. The molecule has 4 aromatic rings. The maximum absolute atomic E-state index is 13.3. The molecule has 0 bridgehead atoms. The van der Waals surface area contributed by atoms with Crippen molar-refractivity contribution in [3.63, 3.8) is 0 Å². The first-order chi connectivity index (χ1) is 29.9. The normalized spacial score (nSPS) is 17.1. The number of halogens is 1. The highest BCUT2D eigenvalue weighted by atomic mass is 79.9. The van der Waals surface area contributed by atoms with E-state index >= 15 is 0 Å². The van der Waals surface area contributed by atoms with Crippen LogP contribution in [0.4, 0.5) is 28.8 Å². The Hall–Kier alpha value is -6.40. The number of nitrogens with one attached hydrogen (secondary N) is 5. The standard InChI is InChI=1S/C44H49BrN10O7/c1-4-33-43(61)53(2)35-23-48-44(52-39(35)54(33)24-26-11-14-28(45)15-12-26)50-32-16-13-27(22-36(32)62-3)40(58)47-21-7-20-46-19-6-10-37(56)49-31-9-5-8-29-30(31)25-55(42(29)60)34-17-18-38(57)51-41(34)59/h5,8-9,11-16,22-23,33-34,46H,4,6-7,10,17-21,24-25H2,1-3H3,(H,47,58)(H,49,56)(H,48,50,52)(H,51,57,59)/t33-,34?/m1/s1. The number of amides is 6. The van der Waals surface area contributed by atoms with Crippen molar-refractivity contribution < 1.29 is 33.5 Å². The van der Waals surface area contributed by atoms with Crippen molar-refractivity contribution in [3.8, 4) is 5.75 Å². The summed E-state index contributed by atoms with van der Waals surface area (Å²) in [5, 5.41) is 14.7. The predicted octanol–water partition coefficient (Wildman–Crippen LogP) is 4.64. The van der Waals surface area contributed by atoms with Crippen molar-refractivity contribution in [3.05, 3.63) is 93.6 Å². The summed E-state index contributed by atoms with van der Waals surface area (Å²) in [5.41, 5.74) is 4.24. The molecule has 0 aliphatic carbocycles. The minimum atomic E-state index is -0.730. The second-order valence-electron chi connectivity index (χ2n) is 15.3. The quantitative estimate of drug-likeness (QED) is 0.0726. The molecule has 6 amide bonds. The molecule has 5 N–H and O–H groups in total. The zero-order valence-electron chi connectivity index (χ0n) is 34.8. The van der Waals surface area contributed by atoms with Gasteiger partial charge in [-0.1, -0.05) is 41.1 Å². The van der Waals surface area contributed by atoms with E-state index in [1.165, 1.54) is 12.0 Å². The molecule has 62 heavy (non-hydrogen) atoms. The monoisotopic (exact) mass is 908 g/mol. The summed E-state index contributed by atoms with van der Waals surface area (Å²) in [6.07, 6.45) is 4.16. The maximum Gasteiger partial charge on any atom is 0.255 e. The third-order valence-corrected chi connectivity index (χ3v) is 11.7. The van der Waals surface area contributed by atoms with Crippen LogP contribution in [0.25, 0.3) is 0 Å². The smallest absolute Gasteiger partial charge is 0.255 e. The van der Waals surface area contributed by atoms with Gasteiger partial charge in [-0.25, -0.2) is 4.98 Å². The molecule has 0 radical (unpaired) electrons. The molecule has 0 saturated carbocycles. The highest BCUT2D eigenvalue weighted by Crippen LogP contribution is 2.37. The molecule has 0 spiro atoms. The third kappa shape index (κ3) is 9.71. The summed E-state index contributed by atoms with van der Waals surface area (Å²) in [7, 11) is 3.25. The fourth-order valence-corrected chi connectivity index (χ4v) is 8.12. The summed E-state index contributed by atoms with van der Waals surface area (Å²) in [6.45, 7) is 4.29. The predicted molar refractivity (Wildman–Crippen MR) is 236 cm³/mol. The van der Waals surface area contributed by atoms with E-state index in [4.69, 9.17) is 9.72 Å². The molecule has 2 atom stereocenters. The van der Waals surface area contributed by atoms with Crippen molar-refractivity contribution >= 4 is 80.2 Å². The van der Waals surface area contributed by atoms with Gasteiger partial charge in [0, 0.05) is 66.4 Å². The van der Waals surface area contributed by atoms with Crippen LogP contribution in [0.3, 0.4) is 0 Å². The molecule has 4 heterocycles. The topological polar surface area (TPSA) is 207 Å². The van der Waals surface area contributed by atoms with Crippen molar-refractivity contribution in [1.82, 2.24) is 30.8 Å². The largest absolute Gasteiger partial charge is 0.495 e. The number of nitrogens with zero attached hydrogens (tertiary/aromatic N) is 5. The molecule has 7 rings (SSSR count). The number of rotatable bonds is 17. The first-order valence-corrected chi connectivity index (χ1v) is 21.4. The van der Waals surface area contributed by atoms with Crippen LogP contribution in [-0.4, -0.2) is 96.2 Å². The number of aromatic nitrogens is 2. The van der Waals surface area contributed by atoms with Gasteiger partial charge < -0.3 is 40.7 Å². The first kappa shape index (κ1) is 43.7. The van der Waals surface area contributed by atoms with E-state index in [9.17, 15) is 28.8 Å². The number of hydrogen-bond acceptors (Lipinski definition) is 12. The minimum Gasteiger partial charge on any atom is -0.495 e. The van der Waals surface area contributed by atoms with E-state index in [0.29, 0.717) is 96.7 Å². The van der Waals surface area contributed by atoms with Crippen LogP contribution in [-0.2, 0) is 32.3 Å². The van der Waals surface area contributed by atoms with E-state index in [2.05, 4.69) is 47.5 Å². The molecule has 3 aliphatic rings. The molecule has 1 unspecified atom stereocenters. The number of hydrogen-bond donors (Lipinski definition) is 5. The summed E-state index contributed by atoms with van der Waals surface area (Å²) in [5.74, 6) is -0.242. The molecular weight excluding hydrogens is 860 g/mol. The Balaban J connectivity index is 0.853. The highest BCUT2D eigenvalue weighted by molar-refractivity contribution is 9.10. The number of piperidine rings is 1. The molecule has 324 valence electrons. The molecule has 3 aromatic carbocycles. The summed E-state index contributed by atoms with van der Waals surface area (Å²) >= 11 is 3.49. The zero-order chi connectivity index (χ0) is 43.9. The van der Waals surface area contributed by atoms with Crippen LogP contribution in [0.2, 0.25) is 0 Å². The van der Waals surface area contributed by atoms with Crippen LogP contribution in [0.15, 0.2) is 71.3 Å². The number of anilines is 5.